The van der Waals surface area contributed by atoms with Crippen molar-refractivity contribution in [3.05, 3.63) is 35.2 Å². The van der Waals surface area contributed by atoms with Crippen molar-refractivity contribution < 1.29 is 12.9 Å². The van der Waals surface area contributed by atoms with Gasteiger partial charge in [0.2, 0.25) is 15.9 Å². The van der Waals surface area contributed by atoms with Crippen LogP contribution in [0.2, 0.25) is 0 Å². The van der Waals surface area contributed by atoms with Crippen molar-refractivity contribution in [2.24, 2.45) is 0 Å². The molecule has 2 aromatic heterocycles. The van der Waals surface area contributed by atoms with Gasteiger partial charge in [0.1, 0.15) is 4.90 Å². The topological polar surface area (TPSA) is 98.0 Å². The van der Waals surface area contributed by atoms with Crippen LogP contribution < -0.4 is 4.72 Å². The third-order valence-corrected chi connectivity index (χ3v) is 3.89. The maximum absolute atomic E-state index is 11.9. The van der Waals surface area contributed by atoms with Crippen molar-refractivity contribution in [2.45, 2.75) is 11.3 Å². The van der Waals surface area contributed by atoms with Gasteiger partial charge in [-0.25, -0.2) is 13.1 Å². The molecule has 18 heavy (non-hydrogen) atoms. The molecule has 0 spiro atoms. The molecule has 0 radical (unpaired) electrons. The Morgan fingerprint density at radius 1 is 1.39 bits per heavy atom. The van der Waals surface area contributed by atoms with Crippen LogP contribution in [0.15, 0.2) is 38.7 Å². The molecule has 9 heteroatoms. The van der Waals surface area contributed by atoms with Gasteiger partial charge in [-0.15, -0.1) is 0 Å². The Bertz CT molecular complexity index is 615. The van der Waals surface area contributed by atoms with E-state index < -0.39 is 10.0 Å². The van der Waals surface area contributed by atoms with Gasteiger partial charge in [-0.3, -0.25) is 4.98 Å². The number of pyridine rings is 1. The summed E-state index contributed by atoms with van der Waals surface area (Å²) in [6.07, 6.45) is 4.39. The Morgan fingerprint density at radius 2 is 2.22 bits per heavy atom. The van der Waals surface area contributed by atoms with Gasteiger partial charge in [-0.1, -0.05) is 5.16 Å². The van der Waals surface area contributed by atoms with Gasteiger partial charge in [0.05, 0.1) is 0 Å². The van der Waals surface area contributed by atoms with Gasteiger partial charge in [0, 0.05) is 29.8 Å². The number of nitrogens with one attached hydrogen (secondary N) is 1. The lowest BCUT2D eigenvalue weighted by Crippen LogP contribution is -2.26. The third kappa shape index (κ3) is 3.34. The first-order valence-corrected chi connectivity index (χ1v) is 7.21. The summed E-state index contributed by atoms with van der Waals surface area (Å²) in [7, 11) is -3.57. The fraction of sp³-hybridized carbons (Fsp3) is 0.222. The van der Waals surface area contributed by atoms with Crippen LogP contribution in [0.4, 0.5) is 0 Å². The van der Waals surface area contributed by atoms with Crippen LogP contribution in [-0.4, -0.2) is 30.1 Å². The Hall–Kier alpha value is -1.32. The molecule has 0 aliphatic carbocycles. The van der Waals surface area contributed by atoms with E-state index in [1.54, 1.807) is 0 Å². The van der Waals surface area contributed by atoms with Crippen molar-refractivity contribution in [1.82, 2.24) is 19.8 Å². The molecule has 0 amide bonds. The maximum Gasteiger partial charge on any atom is 0.242 e. The molecule has 0 saturated heterocycles. The molecule has 0 atom stereocenters. The summed E-state index contributed by atoms with van der Waals surface area (Å²) in [5, 5.41) is 3.43. The summed E-state index contributed by atoms with van der Waals surface area (Å²) >= 11 is 3.17. The van der Waals surface area contributed by atoms with Crippen molar-refractivity contribution in [1.29, 1.82) is 0 Å². The van der Waals surface area contributed by atoms with Crippen molar-refractivity contribution in [3.63, 3.8) is 0 Å². The van der Waals surface area contributed by atoms with Crippen molar-refractivity contribution >= 4 is 26.0 Å². The summed E-state index contributed by atoms with van der Waals surface area (Å²) in [6.45, 7) is 0.178. The van der Waals surface area contributed by atoms with Gasteiger partial charge < -0.3 is 4.52 Å². The predicted molar refractivity (Wildman–Crippen MR) is 65.1 cm³/mol. The zero-order valence-corrected chi connectivity index (χ0v) is 11.5. The standard InChI is InChI=1S/C9H9BrN4O3S/c10-7-3-8(5-11-4-7)18(15,16)14-2-1-9-12-6-13-17-9/h3-6,14H,1-2H2. The average molecular weight is 333 g/mol. The first-order chi connectivity index (χ1) is 8.58. The van der Waals surface area contributed by atoms with E-state index in [2.05, 4.69) is 35.8 Å². The lowest BCUT2D eigenvalue weighted by molar-refractivity contribution is 0.377. The molecule has 2 aromatic rings. The third-order valence-electron chi connectivity index (χ3n) is 2.03. The highest BCUT2D eigenvalue weighted by atomic mass is 79.9. The number of halogens is 1. The highest BCUT2D eigenvalue weighted by Gasteiger charge is 2.14. The fourth-order valence-electron chi connectivity index (χ4n) is 1.22. The number of hydrogen-bond acceptors (Lipinski definition) is 6. The molecule has 96 valence electrons. The lowest BCUT2D eigenvalue weighted by Gasteiger charge is -2.05. The summed E-state index contributed by atoms with van der Waals surface area (Å²) in [4.78, 5) is 7.69. The molecule has 0 fully saturated rings. The highest BCUT2D eigenvalue weighted by molar-refractivity contribution is 9.10. The second kappa shape index (κ2) is 5.55. The minimum Gasteiger partial charge on any atom is -0.340 e. The molecule has 2 heterocycles. The van der Waals surface area contributed by atoms with E-state index >= 15 is 0 Å². The van der Waals surface area contributed by atoms with E-state index in [9.17, 15) is 8.42 Å². The highest BCUT2D eigenvalue weighted by Crippen LogP contribution is 2.13. The smallest absolute Gasteiger partial charge is 0.242 e. The fourth-order valence-corrected chi connectivity index (χ4v) is 2.76. The summed E-state index contributed by atoms with van der Waals surface area (Å²) in [5.74, 6) is 0.380. The zero-order chi connectivity index (χ0) is 13.0. The van der Waals surface area contributed by atoms with Crippen molar-refractivity contribution in [3.8, 4) is 0 Å². The number of sulfonamides is 1. The second-order valence-corrected chi connectivity index (χ2v) is 6.00. The molecule has 2 rings (SSSR count). The zero-order valence-electron chi connectivity index (χ0n) is 9.08. The number of nitrogens with zero attached hydrogens (tertiary/aromatic N) is 3. The van der Waals surface area contributed by atoms with Gasteiger partial charge in [0.15, 0.2) is 6.33 Å². The molecule has 0 bridgehead atoms. The van der Waals surface area contributed by atoms with E-state index in [1.807, 2.05) is 0 Å². The maximum atomic E-state index is 11.9. The van der Waals surface area contributed by atoms with Crippen LogP contribution in [0.3, 0.4) is 0 Å². The van der Waals surface area contributed by atoms with Gasteiger partial charge in [-0.2, -0.15) is 4.98 Å². The van der Waals surface area contributed by atoms with Crippen LogP contribution >= 0.6 is 15.9 Å². The number of aromatic nitrogens is 3. The first-order valence-electron chi connectivity index (χ1n) is 4.94. The minimum absolute atomic E-state index is 0.0994. The predicted octanol–water partition coefficient (Wildman–Crippen LogP) is 0.748. The molecular formula is C9H9BrN4O3S. The van der Waals surface area contributed by atoms with E-state index in [4.69, 9.17) is 4.52 Å². The number of rotatable bonds is 5. The van der Waals surface area contributed by atoms with E-state index in [0.717, 1.165) is 0 Å². The Kier molecular flexibility index (Phi) is 4.04. The molecule has 0 aliphatic heterocycles. The van der Waals surface area contributed by atoms with Crippen LogP contribution in [0.25, 0.3) is 0 Å². The lowest BCUT2D eigenvalue weighted by atomic mass is 10.4. The second-order valence-electron chi connectivity index (χ2n) is 3.32. The van der Waals surface area contributed by atoms with Gasteiger partial charge in [-0.05, 0) is 22.0 Å². The van der Waals surface area contributed by atoms with Gasteiger partial charge in [0.25, 0.3) is 0 Å². The molecule has 7 nitrogen and oxygen atoms in total. The molecule has 0 unspecified atom stereocenters. The summed E-state index contributed by atoms with van der Waals surface area (Å²) < 4.78 is 31.5. The Morgan fingerprint density at radius 3 is 2.89 bits per heavy atom. The molecule has 0 saturated carbocycles. The molecule has 0 aromatic carbocycles. The van der Waals surface area contributed by atoms with Crippen molar-refractivity contribution in [2.75, 3.05) is 6.54 Å². The largest absolute Gasteiger partial charge is 0.340 e. The first kappa shape index (κ1) is 13.1. The Balaban J connectivity index is 1.99. The van der Waals surface area contributed by atoms with E-state index in [0.29, 0.717) is 16.8 Å². The van der Waals surface area contributed by atoms with Crippen LogP contribution in [-0.2, 0) is 16.4 Å². The number of hydrogen-bond donors (Lipinski definition) is 1. The summed E-state index contributed by atoms with van der Waals surface area (Å²) in [6, 6.07) is 1.47. The quantitative estimate of drug-likeness (QED) is 0.867. The molecule has 1 N–H and O–H groups in total. The molecule has 0 aliphatic rings. The van der Waals surface area contributed by atoms with Crippen LogP contribution in [0.1, 0.15) is 5.89 Å². The van der Waals surface area contributed by atoms with Gasteiger partial charge >= 0.3 is 0 Å². The van der Waals surface area contributed by atoms with Crippen LogP contribution in [0.5, 0.6) is 0 Å². The SMILES string of the molecule is O=S(=O)(NCCc1ncno1)c1cncc(Br)c1. The van der Waals surface area contributed by atoms with Crippen LogP contribution in [0, 0.1) is 0 Å². The van der Waals surface area contributed by atoms with E-state index in [1.165, 1.54) is 24.8 Å². The monoisotopic (exact) mass is 332 g/mol. The Labute approximate surface area is 112 Å². The summed E-state index contributed by atoms with van der Waals surface area (Å²) in [5.41, 5.74) is 0. The van der Waals surface area contributed by atoms with E-state index in [-0.39, 0.29) is 11.4 Å². The average Bonchev–Trinajstić information content (AvgIpc) is 2.82. The molecular weight excluding hydrogens is 324 g/mol. The normalized spacial score (nSPS) is 11.6. The minimum atomic E-state index is -3.57.